The lowest BCUT2D eigenvalue weighted by atomic mass is 9.78. The number of benzene rings is 1. The lowest BCUT2D eigenvalue weighted by Crippen LogP contribution is -2.28. The van der Waals surface area contributed by atoms with Gasteiger partial charge in [-0.05, 0) is 36.5 Å². The van der Waals surface area contributed by atoms with E-state index in [-0.39, 0.29) is 6.61 Å². The third-order valence-corrected chi connectivity index (χ3v) is 4.92. The predicted octanol–water partition coefficient (Wildman–Crippen LogP) is 3.11. The van der Waals surface area contributed by atoms with Crippen molar-refractivity contribution < 1.29 is 5.11 Å². The quantitative estimate of drug-likeness (QED) is 0.826. The molecule has 0 spiro atoms. The van der Waals surface area contributed by atoms with Crippen molar-refractivity contribution in [2.24, 2.45) is 11.8 Å². The normalized spacial score (nSPS) is 27.1. The average Bonchev–Trinajstić information content (AvgIpc) is 2.79. The number of aliphatic hydroxyl groups excluding tert-OH is 1. The molecule has 4 heteroatoms. The van der Waals surface area contributed by atoms with Gasteiger partial charge in [-0.2, -0.15) is 0 Å². The monoisotopic (exact) mass is 273 g/mol. The smallest absolute Gasteiger partial charge is 0.135 e. The first-order valence-electron chi connectivity index (χ1n) is 7.49. The zero-order valence-electron chi connectivity index (χ0n) is 12.2. The number of hydrogen-bond acceptors (Lipinski definition) is 3. The highest BCUT2D eigenvalue weighted by Gasteiger charge is 2.30. The highest BCUT2D eigenvalue weighted by atomic mass is 16.3. The van der Waals surface area contributed by atoms with E-state index in [1.807, 2.05) is 18.2 Å². The van der Waals surface area contributed by atoms with E-state index in [1.165, 1.54) is 12.8 Å². The number of hydrogen-bond donors (Lipinski definition) is 2. The van der Waals surface area contributed by atoms with Crippen molar-refractivity contribution in [3.05, 3.63) is 24.0 Å². The maximum absolute atomic E-state index is 9.66. The summed E-state index contributed by atoms with van der Waals surface area (Å²) in [4.78, 5) is 4.56. The van der Waals surface area contributed by atoms with Gasteiger partial charge < -0.3 is 15.4 Å². The van der Waals surface area contributed by atoms with E-state index >= 15 is 0 Å². The van der Waals surface area contributed by atoms with Crippen LogP contribution in [0.4, 0.5) is 5.69 Å². The molecule has 0 aliphatic heterocycles. The minimum absolute atomic E-state index is 0.0216. The van der Waals surface area contributed by atoms with Gasteiger partial charge in [0.2, 0.25) is 0 Å². The SMILES string of the molecule is CC1CCCC(n2c(CO)nc3cc(N)ccc32)C1C. The summed E-state index contributed by atoms with van der Waals surface area (Å²) in [6.07, 6.45) is 3.70. The van der Waals surface area contributed by atoms with Crippen LogP contribution in [-0.4, -0.2) is 14.7 Å². The van der Waals surface area contributed by atoms with E-state index in [9.17, 15) is 5.11 Å². The average molecular weight is 273 g/mol. The number of nitrogens with two attached hydrogens (primary N) is 1. The number of aliphatic hydroxyl groups is 1. The minimum Gasteiger partial charge on any atom is -0.399 e. The fourth-order valence-electron chi connectivity index (χ4n) is 3.57. The number of rotatable bonds is 2. The maximum Gasteiger partial charge on any atom is 0.135 e. The predicted molar refractivity (Wildman–Crippen MR) is 81.3 cm³/mol. The number of aromatic nitrogens is 2. The number of anilines is 1. The van der Waals surface area contributed by atoms with Gasteiger partial charge in [0.15, 0.2) is 0 Å². The number of imidazole rings is 1. The van der Waals surface area contributed by atoms with Gasteiger partial charge in [0.1, 0.15) is 12.4 Å². The molecule has 0 amide bonds. The Morgan fingerprint density at radius 1 is 1.35 bits per heavy atom. The van der Waals surface area contributed by atoms with Crippen LogP contribution in [0, 0.1) is 11.8 Å². The van der Waals surface area contributed by atoms with E-state index in [1.54, 1.807) is 0 Å². The number of fused-ring (bicyclic) bond motifs is 1. The lowest BCUT2D eigenvalue weighted by Gasteiger charge is -2.36. The first-order valence-corrected chi connectivity index (χ1v) is 7.49. The van der Waals surface area contributed by atoms with Crippen molar-refractivity contribution in [1.29, 1.82) is 0 Å². The minimum atomic E-state index is -0.0216. The molecule has 2 aromatic rings. The second kappa shape index (κ2) is 5.09. The third-order valence-electron chi connectivity index (χ3n) is 4.92. The van der Waals surface area contributed by atoms with Crippen molar-refractivity contribution in [3.8, 4) is 0 Å². The molecule has 0 bridgehead atoms. The Balaban J connectivity index is 2.13. The highest BCUT2D eigenvalue weighted by molar-refractivity contribution is 5.79. The van der Waals surface area contributed by atoms with Crippen molar-refractivity contribution in [2.45, 2.75) is 45.8 Å². The zero-order valence-corrected chi connectivity index (χ0v) is 12.2. The van der Waals surface area contributed by atoms with Crippen molar-refractivity contribution >= 4 is 16.7 Å². The van der Waals surface area contributed by atoms with Gasteiger partial charge in [0.25, 0.3) is 0 Å². The molecule has 1 aliphatic rings. The Labute approximate surface area is 119 Å². The molecule has 1 aromatic heterocycles. The molecule has 1 fully saturated rings. The Morgan fingerprint density at radius 2 is 2.15 bits per heavy atom. The summed E-state index contributed by atoms with van der Waals surface area (Å²) in [5, 5.41) is 9.66. The van der Waals surface area contributed by atoms with Gasteiger partial charge >= 0.3 is 0 Å². The second-order valence-electron chi connectivity index (χ2n) is 6.14. The van der Waals surface area contributed by atoms with E-state index in [4.69, 9.17) is 5.73 Å². The van der Waals surface area contributed by atoms with Gasteiger partial charge in [-0.1, -0.05) is 26.7 Å². The highest BCUT2D eigenvalue weighted by Crippen LogP contribution is 2.40. The molecule has 3 unspecified atom stereocenters. The van der Waals surface area contributed by atoms with Crippen molar-refractivity contribution in [3.63, 3.8) is 0 Å². The number of nitrogens with zero attached hydrogens (tertiary/aromatic N) is 2. The van der Waals surface area contributed by atoms with Crippen LogP contribution in [0.15, 0.2) is 18.2 Å². The van der Waals surface area contributed by atoms with Gasteiger partial charge in [-0.25, -0.2) is 4.98 Å². The molecular weight excluding hydrogens is 250 g/mol. The van der Waals surface area contributed by atoms with Crippen LogP contribution in [-0.2, 0) is 6.61 Å². The van der Waals surface area contributed by atoms with Crippen LogP contribution in [0.1, 0.15) is 45.0 Å². The van der Waals surface area contributed by atoms with Crippen LogP contribution >= 0.6 is 0 Å². The summed E-state index contributed by atoms with van der Waals surface area (Å²) in [5.74, 6) is 2.08. The molecule has 3 atom stereocenters. The molecule has 1 saturated carbocycles. The van der Waals surface area contributed by atoms with Crippen molar-refractivity contribution in [1.82, 2.24) is 9.55 Å². The van der Waals surface area contributed by atoms with Crippen LogP contribution < -0.4 is 5.73 Å². The van der Waals surface area contributed by atoms with Crippen LogP contribution in [0.3, 0.4) is 0 Å². The molecule has 1 aromatic carbocycles. The molecule has 20 heavy (non-hydrogen) atoms. The fraction of sp³-hybridized carbons (Fsp3) is 0.562. The first kappa shape index (κ1) is 13.4. The molecule has 108 valence electrons. The van der Waals surface area contributed by atoms with E-state index < -0.39 is 0 Å². The molecule has 0 radical (unpaired) electrons. The number of nitrogen functional groups attached to an aromatic ring is 1. The largest absolute Gasteiger partial charge is 0.399 e. The summed E-state index contributed by atoms with van der Waals surface area (Å²) in [6.45, 7) is 4.62. The summed E-state index contributed by atoms with van der Waals surface area (Å²) in [6, 6.07) is 6.26. The summed E-state index contributed by atoms with van der Waals surface area (Å²) < 4.78 is 2.25. The lowest BCUT2D eigenvalue weighted by molar-refractivity contribution is 0.176. The van der Waals surface area contributed by atoms with E-state index in [0.29, 0.717) is 17.9 Å². The molecule has 1 heterocycles. The summed E-state index contributed by atoms with van der Waals surface area (Å²) in [5.41, 5.74) is 8.54. The van der Waals surface area contributed by atoms with E-state index in [2.05, 4.69) is 23.4 Å². The van der Waals surface area contributed by atoms with Gasteiger partial charge in [0.05, 0.1) is 11.0 Å². The molecule has 0 saturated heterocycles. The van der Waals surface area contributed by atoms with Crippen molar-refractivity contribution in [2.75, 3.05) is 5.73 Å². The molecule has 4 nitrogen and oxygen atoms in total. The third kappa shape index (κ3) is 2.08. The molecule has 3 rings (SSSR count). The van der Waals surface area contributed by atoms with Gasteiger partial charge in [-0.15, -0.1) is 0 Å². The van der Waals surface area contributed by atoms with Crippen LogP contribution in [0.25, 0.3) is 11.0 Å². The first-order chi connectivity index (χ1) is 9.61. The summed E-state index contributed by atoms with van der Waals surface area (Å²) >= 11 is 0. The van der Waals surface area contributed by atoms with Gasteiger partial charge in [0, 0.05) is 11.7 Å². The molecule has 3 N–H and O–H groups in total. The topological polar surface area (TPSA) is 64.1 Å². The van der Waals surface area contributed by atoms with E-state index in [0.717, 1.165) is 29.0 Å². The maximum atomic E-state index is 9.66. The molecule has 1 aliphatic carbocycles. The fourth-order valence-corrected chi connectivity index (χ4v) is 3.57. The Bertz CT molecular complexity index is 619. The summed E-state index contributed by atoms with van der Waals surface area (Å²) in [7, 11) is 0. The Morgan fingerprint density at radius 3 is 2.90 bits per heavy atom. The van der Waals surface area contributed by atoms with Gasteiger partial charge in [-0.3, -0.25) is 0 Å². The Kier molecular flexibility index (Phi) is 3.42. The second-order valence-corrected chi connectivity index (χ2v) is 6.14. The van der Waals surface area contributed by atoms with Crippen LogP contribution in [0.2, 0.25) is 0 Å². The standard InChI is InChI=1S/C16H23N3O/c1-10-4-3-5-14(11(10)2)19-15-7-6-12(17)8-13(15)18-16(19)9-20/h6-8,10-11,14,20H,3-5,9,17H2,1-2H3. The zero-order chi connectivity index (χ0) is 14.3. The molecular formula is C16H23N3O. The van der Waals surface area contributed by atoms with Crippen LogP contribution in [0.5, 0.6) is 0 Å². The Hall–Kier alpha value is -1.55.